The minimum Gasteiger partial charge on any atom is -0.422 e. The molecule has 0 aliphatic carbocycles. The Morgan fingerprint density at radius 2 is 1.31 bits per heavy atom. The Morgan fingerprint density at radius 3 is 1.93 bits per heavy atom. The van der Waals surface area contributed by atoms with Gasteiger partial charge in [0.2, 0.25) is 0 Å². The Balaban J connectivity index is 1.94. The van der Waals surface area contributed by atoms with E-state index in [4.69, 9.17) is 27.6 Å². The van der Waals surface area contributed by atoms with E-state index in [1.807, 2.05) is 6.07 Å². The molecule has 0 unspecified atom stereocenters. The molecule has 0 N–H and O–H groups in total. The van der Waals surface area contributed by atoms with E-state index in [1.54, 1.807) is 78.9 Å². The number of benzene rings is 3. The van der Waals surface area contributed by atoms with Gasteiger partial charge in [-0.2, -0.15) is 0 Å². The van der Waals surface area contributed by atoms with Gasteiger partial charge >= 0.3 is 5.63 Å². The summed E-state index contributed by atoms with van der Waals surface area (Å²) in [5.74, 6) is 0.00675. The smallest absolute Gasteiger partial charge is 0.344 e. The molecular formula is C24H14Cl2O3. The molecule has 4 aromatic rings. The third-order valence-corrected chi connectivity index (χ3v) is 5.00. The summed E-state index contributed by atoms with van der Waals surface area (Å²) in [6, 6.07) is 24.0. The average Bonchev–Trinajstić information content (AvgIpc) is 2.74. The number of carbonyl (C=O) groups is 1. The highest BCUT2D eigenvalue weighted by molar-refractivity contribution is 6.31. The molecule has 0 spiro atoms. The summed E-state index contributed by atoms with van der Waals surface area (Å²) < 4.78 is 5.56. The van der Waals surface area contributed by atoms with Crippen molar-refractivity contribution in [2.45, 2.75) is 0 Å². The first-order valence-electron chi connectivity index (χ1n) is 8.83. The van der Waals surface area contributed by atoms with Crippen molar-refractivity contribution in [1.29, 1.82) is 0 Å². The van der Waals surface area contributed by atoms with E-state index in [0.29, 0.717) is 32.5 Å². The van der Waals surface area contributed by atoms with Crippen molar-refractivity contribution in [3.8, 4) is 22.5 Å². The van der Waals surface area contributed by atoms with Crippen LogP contribution in [0.3, 0.4) is 0 Å². The Kier molecular flexibility index (Phi) is 5.34. The normalized spacial score (nSPS) is 10.7. The largest absolute Gasteiger partial charge is 0.422 e. The molecular weight excluding hydrogens is 407 g/mol. The van der Waals surface area contributed by atoms with Crippen LogP contribution in [0.5, 0.6) is 0 Å². The van der Waals surface area contributed by atoms with E-state index < -0.39 is 5.63 Å². The molecule has 0 amide bonds. The van der Waals surface area contributed by atoms with Gasteiger partial charge in [0.25, 0.3) is 0 Å². The average molecular weight is 421 g/mol. The van der Waals surface area contributed by atoms with Gasteiger partial charge in [-0.3, -0.25) is 4.79 Å². The summed E-state index contributed by atoms with van der Waals surface area (Å²) in [6.45, 7) is 0. The molecule has 0 radical (unpaired) electrons. The van der Waals surface area contributed by atoms with Crippen LogP contribution in [-0.2, 0) is 0 Å². The second-order valence-corrected chi connectivity index (χ2v) is 7.27. The van der Waals surface area contributed by atoms with Gasteiger partial charge in [-0.1, -0.05) is 53.5 Å². The molecule has 0 saturated heterocycles. The number of halogens is 2. The van der Waals surface area contributed by atoms with Crippen LogP contribution in [0.4, 0.5) is 0 Å². The van der Waals surface area contributed by atoms with Crippen LogP contribution < -0.4 is 5.63 Å². The molecule has 0 aliphatic heterocycles. The van der Waals surface area contributed by atoms with Crippen molar-refractivity contribution in [1.82, 2.24) is 0 Å². The van der Waals surface area contributed by atoms with Gasteiger partial charge < -0.3 is 4.42 Å². The van der Waals surface area contributed by atoms with Crippen LogP contribution in [0.15, 0.2) is 94.1 Å². The van der Waals surface area contributed by atoms with Crippen LogP contribution in [-0.4, -0.2) is 5.78 Å². The van der Waals surface area contributed by atoms with Crippen molar-refractivity contribution in [2.24, 2.45) is 0 Å². The monoisotopic (exact) mass is 420 g/mol. The SMILES string of the molecule is O=C(c1ccc(Cl)cc1)c1cc(-c2ccc(Cl)cc2)oc(=O)c1-c1ccccc1. The summed E-state index contributed by atoms with van der Waals surface area (Å²) in [7, 11) is 0. The van der Waals surface area contributed by atoms with Crippen molar-refractivity contribution in [3.63, 3.8) is 0 Å². The Morgan fingerprint density at radius 1 is 0.724 bits per heavy atom. The predicted molar refractivity (Wildman–Crippen MR) is 116 cm³/mol. The summed E-state index contributed by atoms with van der Waals surface area (Å²) in [5.41, 5.74) is 1.60. The first-order chi connectivity index (χ1) is 14.0. The number of rotatable bonds is 4. The Labute approximate surface area is 177 Å². The van der Waals surface area contributed by atoms with E-state index in [9.17, 15) is 9.59 Å². The molecule has 3 aromatic carbocycles. The van der Waals surface area contributed by atoms with E-state index in [1.165, 1.54) is 0 Å². The molecule has 0 saturated carbocycles. The topological polar surface area (TPSA) is 47.3 Å². The molecule has 1 aromatic heterocycles. The van der Waals surface area contributed by atoms with Crippen molar-refractivity contribution >= 4 is 29.0 Å². The molecule has 142 valence electrons. The van der Waals surface area contributed by atoms with Crippen LogP contribution in [0.25, 0.3) is 22.5 Å². The first-order valence-corrected chi connectivity index (χ1v) is 9.58. The lowest BCUT2D eigenvalue weighted by molar-refractivity contribution is 0.103. The molecule has 0 aliphatic rings. The second kappa shape index (κ2) is 8.08. The number of ketones is 1. The lowest BCUT2D eigenvalue weighted by Gasteiger charge is -2.10. The minimum absolute atomic E-state index is 0.225. The predicted octanol–water partition coefficient (Wildman–Crippen LogP) is 6.51. The van der Waals surface area contributed by atoms with Gasteiger partial charge in [0, 0.05) is 26.7 Å². The molecule has 3 nitrogen and oxygen atoms in total. The molecule has 5 heteroatoms. The van der Waals surface area contributed by atoms with E-state index in [2.05, 4.69) is 0 Å². The van der Waals surface area contributed by atoms with E-state index in [-0.39, 0.29) is 16.9 Å². The maximum absolute atomic E-state index is 13.3. The van der Waals surface area contributed by atoms with Gasteiger partial charge in [-0.15, -0.1) is 0 Å². The zero-order valence-electron chi connectivity index (χ0n) is 15.1. The highest BCUT2D eigenvalue weighted by Crippen LogP contribution is 2.28. The second-order valence-electron chi connectivity index (χ2n) is 6.40. The lowest BCUT2D eigenvalue weighted by Crippen LogP contribution is -2.13. The molecule has 0 atom stereocenters. The van der Waals surface area contributed by atoms with Crippen molar-refractivity contribution in [3.05, 3.63) is 117 Å². The summed E-state index contributed by atoms with van der Waals surface area (Å²) in [6.07, 6.45) is 0. The van der Waals surface area contributed by atoms with E-state index in [0.717, 1.165) is 0 Å². The first kappa shape index (κ1) is 19.2. The fraction of sp³-hybridized carbons (Fsp3) is 0. The fourth-order valence-corrected chi connectivity index (χ4v) is 3.32. The molecule has 29 heavy (non-hydrogen) atoms. The van der Waals surface area contributed by atoms with Crippen molar-refractivity contribution in [2.75, 3.05) is 0 Å². The van der Waals surface area contributed by atoms with Crippen LogP contribution in [0.2, 0.25) is 10.0 Å². The summed E-state index contributed by atoms with van der Waals surface area (Å²) in [4.78, 5) is 26.2. The molecule has 0 bridgehead atoms. The van der Waals surface area contributed by atoms with E-state index >= 15 is 0 Å². The van der Waals surface area contributed by atoms with Crippen LogP contribution in [0.1, 0.15) is 15.9 Å². The maximum atomic E-state index is 13.3. The van der Waals surface area contributed by atoms with Gasteiger partial charge in [0.15, 0.2) is 5.78 Å². The maximum Gasteiger partial charge on any atom is 0.344 e. The Hall–Kier alpha value is -3.14. The highest BCUT2D eigenvalue weighted by atomic mass is 35.5. The minimum atomic E-state index is -0.582. The van der Waals surface area contributed by atoms with Crippen molar-refractivity contribution < 1.29 is 9.21 Å². The molecule has 0 fully saturated rings. The Bertz CT molecular complexity index is 1230. The van der Waals surface area contributed by atoms with Gasteiger partial charge in [0.05, 0.1) is 5.56 Å². The standard InChI is InChI=1S/C24H14Cl2O3/c25-18-10-6-15(7-11-18)21-14-20(23(27)17-8-12-19(26)13-9-17)22(24(28)29-21)16-4-2-1-3-5-16/h1-14H. The van der Waals surface area contributed by atoms with Crippen LogP contribution >= 0.6 is 23.2 Å². The third-order valence-electron chi connectivity index (χ3n) is 4.49. The summed E-state index contributed by atoms with van der Waals surface area (Å²) >= 11 is 11.9. The number of hydrogen-bond acceptors (Lipinski definition) is 3. The van der Waals surface area contributed by atoms with Gasteiger partial charge in [0.1, 0.15) is 5.76 Å². The van der Waals surface area contributed by atoms with Crippen LogP contribution in [0, 0.1) is 0 Å². The lowest BCUT2D eigenvalue weighted by atomic mass is 9.94. The summed E-state index contributed by atoms with van der Waals surface area (Å²) in [5, 5.41) is 1.09. The van der Waals surface area contributed by atoms with Gasteiger partial charge in [-0.05, 0) is 60.2 Å². The number of carbonyl (C=O) groups excluding carboxylic acids is 1. The number of hydrogen-bond donors (Lipinski definition) is 0. The molecule has 4 rings (SSSR count). The highest BCUT2D eigenvalue weighted by Gasteiger charge is 2.21. The molecule has 1 heterocycles. The third kappa shape index (κ3) is 4.02. The fourth-order valence-electron chi connectivity index (χ4n) is 3.06. The van der Waals surface area contributed by atoms with Gasteiger partial charge in [-0.25, -0.2) is 4.79 Å². The zero-order valence-corrected chi connectivity index (χ0v) is 16.6. The zero-order chi connectivity index (χ0) is 20.4. The quantitative estimate of drug-likeness (QED) is 0.353.